The second kappa shape index (κ2) is 15.2. The zero-order valence-electron chi connectivity index (χ0n) is 27.5. The Kier molecular flexibility index (Phi) is 12.4. The van der Waals surface area contributed by atoms with Crippen LogP contribution >= 0.6 is 0 Å². The van der Waals surface area contributed by atoms with Crippen LogP contribution in [0.15, 0.2) is 23.7 Å². The van der Waals surface area contributed by atoms with Gasteiger partial charge in [0.25, 0.3) is 0 Å². The third kappa shape index (κ3) is 9.13. The minimum Gasteiger partial charge on any atom is -0.381 e. The Labute approximate surface area is 285 Å². The van der Waals surface area contributed by atoms with Crippen LogP contribution in [0.1, 0.15) is 65.7 Å². The molecule has 21 heteroatoms. The number of carbonyl (C=O) groups excluding carboxylic acids is 1. The van der Waals surface area contributed by atoms with Gasteiger partial charge in [0.15, 0.2) is 17.4 Å². The van der Waals surface area contributed by atoms with Gasteiger partial charge in [-0.3, -0.25) is 4.79 Å². The van der Waals surface area contributed by atoms with Crippen molar-refractivity contribution in [2.24, 2.45) is 17.8 Å². The molecule has 0 bridgehead atoms. The lowest BCUT2D eigenvalue weighted by atomic mass is 9.84. The van der Waals surface area contributed by atoms with E-state index in [4.69, 9.17) is 28.4 Å². The molecule has 50 heavy (non-hydrogen) atoms. The number of hydrogen-bond donors (Lipinski definition) is 0. The Morgan fingerprint density at radius 1 is 0.640 bits per heavy atom. The highest BCUT2D eigenvalue weighted by atomic mass is 32.2. The molecule has 6 aliphatic rings. The Morgan fingerprint density at radius 2 is 1.06 bits per heavy atom. The monoisotopic (exact) mass is 774 g/mol. The van der Waals surface area contributed by atoms with Crippen molar-refractivity contribution in [1.29, 1.82) is 0 Å². The van der Waals surface area contributed by atoms with Crippen LogP contribution in [0.3, 0.4) is 0 Å². The van der Waals surface area contributed by atoms with Crippen LogP contribution < -0.4 is 0 Å². The molecule has 1 saturated carbocycles. The summed E-state index contributed by atoms with van der Waals surface area (Å²) in [6.45, 7) is 8.42. The molecule has 3 saturated heterocycles. The molecule has 0 radical (unpaired) electrons. The maximum absolute atomic E-state index is 12.2. The third-order valence-corrected chi connectivity index (χ3v) is 11.1. The molecule has 0 aromatic heterocycles. The highest BCUT2D eigenvalue weighted by molar-refractivity contribution is 7.88. The number of carbonyl (C=O) groups is 1. The van der Waals surface area contributed by atoms with Gasteiger partial charge in [0.1, 0.15) is 17.3 Å². The number of ether oxygens (including phenoxy) is 6. The lowest BCUT2D eigenvalue weighted by molar-refractivity contribution is -0.207. The van der Waals surface area contributed by atoms with Crippen LogP contribution in [0.2, 0.25) is 0 Å². The van der Waals surface area contributed by atoms with Crippen molar-refractivity contribution in [2.45, 2.75) is 94.1 Å². The molecule has 13 nitrogen and oxygen atoms in total. The van der Waals surface area contributed by atoms with Crippen molar-refractivity contribution in [2.75, 3.05) is 39.6 Å². The fraction of sp³-hybridized carbons (Fsp3) is 0.828. The highest BCUT2D eigenvalue weighted by Gasteiger charge is 2.52. The Morgan fingerprint density at radius 3 is 1.50 bits per heavy atom. The lowest BCUT2D eigenvalue weighted by Gasteiger charge is -2.36. The number of halogens is 6. The van der Waals surface area contributed by atoms with Crippen LogP contribution in [-0.2, 0) is 61.8 Å². The number of alkyl halides is 6. The van der Waals surface area contributed by atoms with E-state index >= 15 is 0 Å². The first kappa shape index (κ1) is 40.8. The average Bonchev–Trinajstić information content (AvgIpc) is 3.78. The normalized spacial score (nSPS) is 29.1. The predicted octanol–water partition coefficient (Wildman–Crippen LogP) is 4.94. The molecule has 3 heterocycles. The second-order valence-electron chi connectivity index (χ2n) is 12.5. The van der Waals surface area contributed by atoms with Gasteiger partial charge in [-0.2, -0.15) is 43.2 Å². The number of ketones is 1. The number of Topliss-reactive ketones (excluding diaryl/α,β-unsaturated/α-hetero) is 1. The molecule has 3 atom stereocenters. The van der Waals surface area contributed by atoms with Gasteiger partial charge in [0.05, 0.1) is 39.6 Å². The maximum Gasteiger partial charge on any atom is 0.534 e. The topological polar surface area (TPSA) is 159 Å². The molecule has 4 fully saturated rings. The minimum atomic E-state index is -5.61. The first-order chi connectivity index (χ1) is 23.1. The summed E-state index contributed by atoms with van der Waals surface area (Å²) in [5.41, 5.74) is -10.8. The number of hydrogen-bond acceptors (Lipinski definition) is 13. The molecule has 6 rings (SSSR count). The first-order valence-corrected chi connectivity index (χ1v) is 18.6. The van der Waals surface area contributed by atoms with Gasteiger partial charge in [-0.05, 0) is 12.2 Å². The van der Waals surface area contributed by atoms with Gasteiger partial charge in [0.2, 0.25) is 0 Å². The van der Waals surface area contributed by atoms with E-state index in [1.54, 1.807) is 13.8 Å². The molecular formula is C29H40F6O13S2. The molecule has 288 valence electrons. The summed E-state index contributed by atoms with van der Waals surface area (Å²) in [4.78, 5) is 11.1. The molecule has 0 aromatic rings. The predicted molar refractivity (Wildman–Crippen MR) is 157 cm³/mol. The van der Waals surface area contributed by atoms with E-state index in [0.29, 0.717) is 58.3 Å². The smallest absolute Gasteiger partial charge is 0.381 e. The van der Waals surface area contributed by atoms with E-state index in [1.807, 2.05) is 6.92 Å². The molecule has 3 spiro atoms. The zero-order chi connectivity index (χ0) is 37.2. The minimum absolute atomic E-state index is 0.00924. The van der Waals surface area contributed by atoms with Gasteiger partial charge in [0, 0.05) is 62.7 Å². The largest absolute Gasteiger partial charge is 0.534 e. The van der Waals surface area contributed by atoms with E-state index < -0.39 is 48.6 Å². The molecule has 3 aliphatic heterocycles. The maximum atomic E-state index is 12.2. The van der Waals surface area contributed by atoms with Crippen molar-refractivity contribution in [3.8, 4) is 0 Å². The van der Waals surface area contributed by atoms with Crippen molar-refractivity contribution < 1.29 is 84.8 Å². The van der Waals surface area contributed by atoms with E-state index in [2.05, 4.69) is 8.37 Å². The number of allylic oxidation sites excluding steroid dienone is 2. The van der Waals surface area contributed by atoms with Crippen molar-refractivity contribution in [1.82, 2.24) is 0 Å². The molecule has 0 aromatic carbocycles. The van der Waals surface area contributed by atoms with E-state index in [-0.39, 0.29) is 55.0 Å². The molecule has 0 amide bonds. The van der Waals surface area contributed by atoms with Crippen LogP contribution in [0, 0.1) is 17.8 Å². The Bertz CT molecular complexity index is 1480. The van der Waals surface area contributed by atoms with E-state index in [9.17, 15) is 48.0 Å². The summed E-state index contributed by atoms with van der Waals surface area (Å²) in [6.07, 6.45) is 4.99. The van der Waals surface area contributed by atoms with Crippen LogP contribution in [0.5, 0.6) is 0 Å². The van der Waals surface area contributed by atoms with Crippen molar-refractivity contribution in [3.63, 3.8) is 0 Å². The van der Waals surface area contributed by atoms with E-state index in [0.717, 1.165) is 6.42 Å². The molecule has 3 unspecified atom stereocenters. The van der Waals surface area contributed by atoms with Gasteiger partial charge in [-0.1, -0.05) is 20.8 Å². The fourth-order valence-corrected chi connectivity index (χ4v) is 7.36. The van der Waals surface area contributed by atoms with Crippen LogP contribution in [0.25, 0.3) is 0 Å². The molecule has 0 N–H and O–H groups in total. The molecular weight excluding hydrogens is 734 g/mol. The second-order valence-corrected chi connectivity index (χ2v) is 15.6. The Balaban J connectivity index is 0.000000173. The van der Waals surface area contributed by atoms with Gasteiger partial charge >= 0.3 is 31.3 Å². The summed E-state index contributed by atoms with van der Waals surface area (Å²) in [7, 11) is -11.2. The quantitative estimate of drug-likeness (QED) is 0.215. The summed E-state index contributed by atoms with van der Waals surface area (Å²) in [5.74, 6) is -2.71. The van der Waals surface area contributed by atoms with Crippen molar-refractivity contribution in [3.05, 3.63) is 23.7 Å². The van der Waals surface area contributed by atoms with Crippen molar-refractivity contribution >= 4 is 26.0 Å². The average molecular weight is 775 g/mol. The van der Waals surface area contributed by atoms with E-state index in [1.165, 1.54) is 12.2 Å². The van der Waals surface area contributed by atoms with Gasteiger partial charge < -0.3 is 36.8 Å². The number of rotatable bonds is 4. The summed E-state index contributed by atoms with van der Waals surface area (Å²) in [6, 6.07) is 0. The van der Waals surface area contributed by atoms with Crippen LogP contribution in [0.4, 0.5) is 26.3 Å². The zero-order valence-corrected chi connectivity index (χ0v) is 29.1. The van der Waals surface area contributed by atoms with Gasteiger partial charge in [-0.15, -0.1) is 0 Å². The standard InChI is InChI=1S/2C10H13F3O5S.C9H14O3/c2*1-7-6-8(18-19(14,15)10(11,12)13)2-3-9(7)16-4-5-17-9;1-7-6-8(10)2-3-9(7)11-4-5-12-9/h6-7H,2-5H2,1H3;2,7H,3-6H2,1H3;7H,2-6H2,1H3. The summed E-state index contributed by atoms with van der Waals surface area (Å²) in [5, 5.41) is 0. The first-order valence-electron chi connectivity index (χ1n) is 15.8. The SMILES string of the molecule is CC1C=C(OS(=O)(=O)C(F)(F)F)CCC12OCCO2.CC1CC(=O)CCC12OCCO2.CC1CC(OS(=O)(=O)C(F)(F)F)=CCC12OCCO2. The highest BCUT2D eigenvalue weighted by Crippen LogP contribution is 2.43. The fourth-order valence-electron chi connectivity index (χ4n) is 6.34. The summed E-state index contributed by atoms with van der Waals surface area (Å²) >= 11 is 0. The third-order valence-electron chi connectivity index (χ3n) is 9.09. The Hall–Kier alpha value is -2.01. The van der Waals surface area contributed by atoms with Crippen LogP contribution in [-0.4, -0.2) is 90.6 Å². The van der Waals surface area contributed by atoms with Gasteiger partial charge in [-0.25, -0.2) is 0 Å². The lowest BCUT2D eigenvalue weighted by Crippen LogP contribution is -2.42. The molecule has 3 aliphatic carbocycles. The summed E-state index contributed by atoms with van der Waals surface area (Å²) < 4.78 is 158.